The van der Waals surface area contributed by atoms with Crippen LogP contribution >= 0.6 is 0 Å². The van der Waals surface area contributed by atoms with Gasteiger partial charge in [0.25, 0.3) is 0 Å². The van der Waals surface area contributed by atoms with E-state index in [0.717, 1.165) is 25.2 Å². The highest BCUT2D eigenvalue weighted by atomic mass is 16.4. The molecular weight excluding hydrogens is 304 g/mol. The van der Waals surface area contributed by atoms with Gasteiger partial charge in [-0.1, -0.05) is 90.9 Å². The molecule has 2 atom stereocenters. The third kappa shape index (κ3) is 14.5. The van der Waals surface area contributed by atoms with E-state index in [0.29, 0.717) is 6.42 Å². The number of hydrogen-bond acceptors (Lipinski definition) is 2. The van der Waals surface area contributed by atoms with E-state index < -0.39 is 17.9 Å². The van der Waals surface area contributed by atoms with Crippen LogP contribution in [-0.4, -0.2) is 22.2 Å². The Morgan fingerprint density at radius 1 is 0.750 bits per heavy atom. The van der Waals surface area contributed by atoms with E-state index in [1.807, 2.05) is 0 Å². The molecule has 2 unspecified atom stereocenters. The molecule has 0 aromatic rings. The summed E-state index contributed by atoms with van der Waals surface area (Å²) in [6.45, 7) is 4.58. The Labute approximate surface area is 148 Å². The highest BCUT2D eigenvalue weighted by Crippen LogP contribution is 2.19. The Morgan fingerprint density at radius 2 is 1.21 bits per heavy atom. The molecule has 0 amide bonds. The summed E-state index contributed by atoms with van der Waals surface area (Å²) in [5.74, 6) is -1.94. The van der Waals surface area contributed by atoms with Crippen molar-refractivity contribution in [1.29, 1.82) is 0 Å². The summed E-state index contributed by atoms with van der Waals surface area (Å²) in [4.78, 5) is 21.6. The van der Waals surface area contributed by atoms with Crippen molar-refractivity contribution in [3.8, 4) is 0 Å². The van der Waals surface area contributed by atoms with Gasteiger partial charge in [0.2, 0.25) is 0 Å². The molecule has 142 valence electrons. The summed E-state index contributed by atoms with van der Waals surface area (Å²) in [5.41, 5.74) is 0. The predicted octanol–water partition coefficient (Wildman–Crippen LogP) is 5.89. The highest BCUT2D eigenvalue weighted by molar-refractivity contribution is 5.77. The van der Waals surface area contributed by atoms with Crippen LogP contribution in [0.25, 0.3) is 0 Å². The lowest BCUT2D eigenvalue weighted by Gasteiger charge is -2.12. The summed E-state index contributed by atoms with van der Waals surface area (Å²) in [7, 11) is 0. The standard InChI is InChI=1S/C20H38O4/c1-3-4-5-6-7-10-13-17(2)14-11-8-9-12-15-18(20(23)24)16-19(21)22/h17-18H,3-16H2,1-2H3,(H,21,22)(H,23,24). The van der Waals surface area contributed by atoms with E-state index >= 15 is 0 Å². The number of carbonyl (C=O) groups is 2. The molecule has 0 spiro atoms. The van der Waals surface area contributed by atoms with Crippen LogP contribution < -0.4 is 0 Å². The largest absolute Gasteiger partial charge is 0.481 e. The Hall–Kier alpha value is -1.06. The van der Waals surface area contributed by atoms with Gasteiger partial charge < -0.3 is 10.2 Å². The van der Waals surface area contributed by atoms with Gasteiger partial charge in [-0.25, -0.2) is 0 Å². The molecule has 2 N–H and O–H groups in total. The third-order valence-electron chi connectivity index (χ3n) is 4.82. The molecular formula is C20H38O4. The maximum Gasteiger partial charge on any atom is 0.307 e. The van der Waals surface area contributed by atoms with E-state index in [9.17, 15) is 9.59 Å². The van der Waals surface area contributed by atoms with Crippen LogP contribution in [0.15, 0.2) is 0 Å². The molecule has 0 heterocycles. The fourth-order valence-corrected chi connectivity index (χ4v) is 3.18. The van der Waals surface area contributed by atoms with Crippen LogP contribution in [0.4, 0.5) is 0 Å². The molecule has 0 saturated carbocycles. The van der Waals surface area contributed by atoms with Crippen molar-refractivity contribution < 1.29 is 19.8 Å². The van der Waals surface area contributed by atoms with Gasteiger partial charge in [0.05, 0.1) is 12.3 Å². The molecule has 0 bridgehead atoms. The van der Waals surface area contributed by atoms with Gasteiger partial charge in [-0.3, -0.25) is 9.59 Å². The molecule has 0 aliphatic heterocycles. The average Bonchev–Trinajstić information content (AvgIpc) is 2.52. The zero-order chi connectivity index (χ0) is 18.2. The lowest BCUT2D eigenvalue weighted by atomic mass is 9.94. The smallest absolute Gasteiger partial charge is 0.307 e. The quantitative estimate of drug-likeness (QED) is 0.323. The molecule has 0 radical (unpaired) electrons. The van der Waals surface area contributed by atoms with E-state index in [4.69, 9.17) is 10.2 Å². The summed E-state index contributed by atoms with van der Waals surface area (Å²) >= 11 is 0. The fourth-order valence-electron chi connectivity index (χ4n) is 3.18. The Balaban J connectivity index is 3.50. The van der Waals surface area contributed by atoms with Crippen molar-refractivity contribution in [3.05, 3.63) is 0 Å². The Bertz CT molecular complexity index is 328. The van der Waals surface area contributed by atoms with Gasteiger partial charge in [-0.15, -0.1) is 0 Å². The highest BCUT2D eigenvalue weighted by Gasteiger charge is 2.20. The normalized spacial score (nSPS) is 13.6. The molecule has 24 heavy (non-hydrogen) atoms. The molecule has 0 rings (SSSR count). The first-order chi connectivity index (χ1) is 11.5. The van der Waals surface area contributed by atoms with Crippen LogP contribution in [0.1, 0.15) is 104 Å². The first kappa shape index (κ1) is 22.9. The molecule has 0 aromatic carbocycles. The van der Waals surface area contributed by atoms with Gasteiger partial charge in [-0.2, -0.15) is 0 Å². The minimum atomic E-state index is -1.02. The molecule has 0 aliphatic rings. The Kier molecular flexibility index (Phi) is 14.8. The topological polar surface area (TPSA) is 74.6 Å². The maximum absolute atomic E-state index is 11.0. The molecule has 4 nitrogen and oxygen atoms in total. The van der Waals surface area contributed by atoms with Gasteiger partial charge in [0.15, 0.2) is 0 Å². The molecule has 0 saturated heterocycles. The molecule has 0 aromatic heterocycles. The number of aliphatic carboxylic acids is 2. The molecule has 4 heteroatoms. The maximum atomic E-state index is 11.0. The van der Waals surface area contributed by atoms with Crippen molar-refractivity contribution in [3.63, 3.8) is 0 Å². The van der Waals surface area contributed by atoms with Gasteiger partial charge >= 0.3 is 11.9 Å². The number of carboxylic acids is 2. The summed E-state index contributed by atoms with van der Waals surface area (Å²) < 4.78 is 0. The van der Waals surface area contributed by atoms with E-state index in [1.54, 1.807) is 0 Å². The van der Waals surface area contributed by atoms with Crippen molar-refractivity contribution in [2.24, 2.45) is 11.8 Å². The fraction of sp³-hybridized carbons (Fsp3) is 0.900. The second-order valence-electron chi connectivity index (χ2n) is 7.29. The van der Waals surface area contributed by atoms with Crippen molar-refractivity contribution in [1.82, 2.24) is 0 Å². The van der Waals surface area contributed by atoms with Crippen LogP contribution in [0.5, 0.6) is 0 Å². The average molecular weight is 343 g/mol. The van der Waals surface area contributed by atoms with Crippen LogP contribution in [-0.2, 0) is 9.59 Å². The summed E-state index contributed by atoms with van der Waals surface area (Å²) in [6.07, 6.45) is 15.1. The van der Waals surface area contributed by atoms with Gasteiger partial charge in [-0.05, 0) is 12.3 Å². The van der Waals surface area contributed by atoms with Crippen LogP contribution in [0, 0.1) is 11.8 Å². The summed E-state index contributed by atoms with van der Waals surface area (Å²) in [6, 6.07) is 0. The second kappa shape index (κ2) is 15.5. The van der Waals surface area contributed by atoms with Crippen molar-refractivity contribution in [2.75, 3.05) is 0 Å². The number of carboxylic acid groups (broad SMARTS) is 2. The Morgan fingerprint density at radius 3 is 1.67 bits per heavy atom. The van der Waals surface area contributed by atoms with E-state index in [1.165, 1.54) is 57.8 Å². The second-order valence-corrected chi connectivity index (χ2v) is 7.29. The summed E-state index contributed by atoms with van der Waals surface area (Å²) in [5, 5.41) is 17.7. The number of rotatable bonds is 17. The van der Waals surface area contributed by atoms with Crippen LogP contribution in [0.3, 0.4) is 0 Å². The SMILES string of the molecule is CCCCCCCCC(C)CCCCCCC(CC(=O)O)C(=O)O. The molecule has 0 aliphatic carbocycles. The van der Waals surface area contributed by atoms with Crippen molar-refractivity contribution >= 4 is 11.9 Å². The van der Waals surface area contributed by atoms with E-state index in [-0.39, 0.29) is 6.42 Å². The minimum absolute atomic E-state index is 0.259. The third-order valence-corrected chi connectivity index (χ3v) is 4.82. The first-order valence-corrected chi connectivity index (χ1v) is 9.92. The van der Waals surface area contributed by atoms with E-state index in [2.05, 4.69) is 13.8 Å². The van der Waals surface area contributed by atoms with Crippen molar-refractivity contribution in [2.45, 2.75) is 104 Å². The zero-order valence-corrected chi connectivity index (χ0v) is 15.8. The number of hydrogen-bond donors (Lipinski definition) is 2. The number of unbranched alkanes of at least 4 members (excludes halogenated alkanes) is 8. The molecule has 0 fully saturated rings. The lowest BCUT2D eigenvalue weighted by Crippen LogP contribution is -2.17. The van der Waals surface area contributed by atoms with Gasteiger partial charge in [0, 0.05) is 0 Å². The first-order valence-electron chi connectivity index (χ1n) is 9.92. The zero-order valence-electron chi connectivity index (χ0n) is 15.8. The lowest BCUT2D eigenvalue weighted by molar-refractivity contribution is -0.148. The van der Waals surface area contributed by atoms with Crippen LogP contribution in [0.2, 0.25) is 0 Å². The predicted molar refractivity (Wildman–Crippen MR) is 98.2 cm³/mol. The van der Waals surface area contributed by atoms with Gasteiger partial charge in [0.1, 0.15) is 0 Å². The monoisotopic (exact) mass is 342 g/mol. The minimum Gasteiger partial charge on any atom is -0.481 e.